The van der Waals surface area contributed by atoms with E-state index in [2.05, 4.69) is 13.8 Å². The zero-order chi connectivity index (χ0) is 14.1. The molecule has 1 N–H and O–H groups in total. The maximum Gasteiger partial charge on any atom is 0.125 e. The molecular weight excluding hydrogens is 236 g/mol. The molecule has 108 valence electrons. The van der Waals surface area contributed by atoms with Gasteiger partial charge in [0.15, 0.2) is 0 Å². The molecule has 0 bridgehead atoms. The van der Waals surface area contributed by atoms with Crippen LogP contribution in [0.25, 0.3) is 0 Å². The van der Waals surface area contributed by atoms with E-state index in [-0.39, 0.29) is 0 Å². The van der Waals surface area contributed by atoms with E-state index in [1.54, 1.807) is 0 Å². The predicted molar refractivity (Wildman–Crippen MR) is 80.5 cm³/mol. The quantitative estimate of drug-likeness (QED) is 0.699. The summed E-state index contributed by atoms with van der Waals surface area (Å²) in [5, 5.41) is 9.99. The van der Waals surface area contributed by atoms with Crippen molar-refractivity contribution < 1.29 is 9.84 Å². The molecule has 1 aromatic carbocycles. The van der Waals surface area contributed by atoms with Crippen LogP contribution in [-0.2, 0) is 0 Å². The Hall–Kier alpha value is -1.02. The summed E-state index contributed by atoms with van der Waals surface area (Å²) in [6, 6.07) is 7.83. The fraction of sp³-hybridized carbons (Fsp3) is 0.647. The highest BCUT2D eigenvalue weighted by molar-refractivity contribution is 5.34. The van der Waals surface area contributed by atoms with E-state index in [0.717, 1.165) is 24.3 Å². The van der Waals surface area contributed by atoms with Gasteiger partial charge < -0.3 is 9.84 Å². The third-order valence-corrected chi connectivity index (χ3v) is 3.68. The van der Waals surface area contributed by atoms with E-state index >= 15 is 0 Å². The largest absolute Gasteiger partial charge is 0.493 e. The average molecular weight is 264 g/mol. The summed E-state index contributed by atoms with van der Waals surface area (Å²) in [6.07, 6.45) is 5.17. The van der Waals surface area contributed by atoms with Gasteiger partial charge in [-0.1, -0.05) is 58.2 Å². The monoisotopic (exact) mass is 264 g/mol. The van der Waals surface area contributed by atoms with Crippen molar-refractivity contribution in [3.8, 4) is 5.75 Å². The number of aliphatic hydroxyl groups is 1. The molecule has 0 aliphatic heterocycles. The molecule has 2 nitrogen and oxygen atoms in total. The summed E-state index contributed by atoms with van der Waals surface area (Å²) in [4.78, 5) is 0. The first-order valence-corrected chi connectivity index (χ1v) is 7.62. The van der Waals surface area contributed by atoms with E-state index in [0.29, 0.717) is 12.3 Å². The lowest BCUT2D eigenvalue weighted by Gasteiger charge is -2.19. The Morgan fingerprint density at radius 2 is 1.84 bits per heavy atom. The molecule has 19 heavy (non-hydrogen) atoms. The molecule has 0 aliphatic carbocycles. The third-order valence-electron chi connectivity index (χ3n) is 3.68. The number of ether oxygens (including phenoxy) is 1. The maximum absolute atomic E-state index is 9.99. The number of aliphatic hydroxyl groups excluding tert-OH is 1. The van der Waals surface area contributed by atoms with Crippen LogP contribution in [0.3, 0.4) is 0 Å². The second kappa shape index (κ2) is 8.98. The van der Waals surface area contributed by atoms with Crippen molar-refractivity contribution >= 4 is 0 Å². The molecular formula is C17H28O2. The predicted octanol–water partition coefficient (Wildman–Crippen LogP) is 4.73. The average Bonchev–Trinajstić information content (AvgIpc) is 2.47. The Kier molecular flexibility index (Phi) is 7.57. The molecule has 2 unspecified atom stereocenters. The van der Waals surface area contributed by atoms with E-state index in [9.17, 15) is 5.11 Å². The van der Waals surface area contributed by atoms with Gasteiger partial charge in [-0.15, -0.1) is 0 Å². The number of hydrogen-bond donors (Lipinski definition) is 1. The topological polar surface area (TPSA) is 29.5 Å². The summed E-state index contributed by atoms with van der Waals surface area (Å²) in [5.74, 6) is 1.46. The normalized spacial score (nSPS) is 14.1. The number of benzene rings is 1. The van der Waals surface area contributed by atoms with Crippen LogP contribution in [0.2, 0.25) is 0 Å². The van der Waals surface area contributed by atoms with Crippen molar-refractivity contribution in [2.24, 2.45) is 5.92 Å². The summed E-state index contributed by atoms with van der Waals surface area (Å²) < 4.78 is 5.95. The van der Waals surface area contributed by atoms with Gasteiger partial charge >= 0.3 is 0 Å². The van der Waals surface area contributed by atoms with Gasteiger partial charge in [-0.25, -0.2) is 0 Å². The standard InChI is InChI=1S/C17H28O2/c1-4-7-10-14(5-2)13-19-17-12-9-8-11-15(17)16(18)6-3/h8-9,11-12,14,16,18H,4-7,10,13H2,1-3H3. The molecule has 0 spiro atoms. The van der Waals surface area contributed by atoms with Gasteiger partial charge in [0, 0.05) is 5.56 Å². The molecule has 2 heteroatoms. The number of para-hydroxylation sites is 1. The van der Waals surface area contributed by atoms with Crippen LogP contribution in [0.15, 0.2) is 24.3 Å². The van der Waals surface area contributed by atoms with E-state index in [1.807, 2.05) is 31.2 Å². The molecule has 1 aromatic rings. The summed E-state index contributed by atoms with van der Waals surface area (Å²) >= 11 is 0. The zero-order valence-corrected chi connectivity index (χ0v) is 12.6. The minimum atomic E-state index is -0.424. The van der Waals surface area contributed by atoms with Crippen LogP contribution in [0.4, 0.5) is 0 Å². The van der Waals surface area contributed by atoms with Crippen molar-refractivity contribution in [2.45, 2.75) is 59.0 Å². The van der Waals surface area contributed by atoms with Crippen LogP contribution in [0.1, 0.15) is 64.5 Å². The molecule has 0 aromatic heterocycles. The first-order chi connectivity index (χ1) is 9.22. The molecule has 0 fully saturated rings. The molecule has 0 heterocycles. The van der Waals surface area contributed by atoms with Crippen LogP contribution in [-0.4, -0.2) is 11.7 Å². The summed E-state index contributed by atoms with van der Waals surface area (Å²) in [5.41, 5.74) is 0.912. The molecule has 0 radical (unpaired) electrons. The fourth-order valence-corrected chi connectivity index (χ4v) is 2.21. The lowest BCUT2D eigenvalue weighted by atomic mass is 10.0. The molecule has 0 saturated carbocycles. The first-order valence-electron chi connectivity index (χ1n) is 7.62. The second-order valence-electron chi connectivity index (χ2n) is 5.19. The lowest BCUT2D eigenvalue weighted by molar-refractivity contribution is 0.162. The van der Waals surface area contributed by atoms with Crippen LogP contribution < -0.4 is 4.74 Å². The van der Waals surface area contributed by atoms with Gasteiger partial charge in [0.2, 0.25) is 0 Å². The third kappa shape index (κ3) is 5.23. The van der Waals surface area contributed by atoms with Gasteiger partial charge in [0.25, 0.3) is 0 Å². The van der Waals surface area contributed by atoms with Gasteiger partial charge in [-0.05, 0) is 24.8 Å². The summed E-state index contributed by atoms with van der Waals surface area (Å²) in [7, 11) is 0. The SMILES string of the molecule is CCCCC(CC)COc1ccccc1C(O)CC. The second-order valence-corrected chi connectivity index (χ2v) is 5.19. The van der Waals surface area contributed by atoms with E-state index < -0.39 is 6.10 Å². The van der Waals surface area contributed by atoms with Crippen molar-refractivity contribution in [2.75, 3.05) is 6.61 Å². The van der Waals surface area contributed by atoms with Gasteiger partial charge in [-0.2, -0.15) is 0 Å². The van der Waals surface area contributed by atoms with Gasteiger partial charge in [-0.3, -0.25) is 0 Å². The zero-order valence-electron chi connectivity index (χ0n) is 12.6. The van der Waals surface area contributed by atoms with Gasteiger partial charge in [0.05, 0.1) is 12.7 Å². The molecule has 0 amide bonds. The fourth-order valence-electron chi connectivity index (χ4n) is 2.21. The highest BCUT2D eigenvalue weighted by Gasteiger charge is 2.13. The van der Waals surface area contributed by atoms with Crippen molar-refractivity contribution in [1.29, 1.82) is 0 Å². The van der Waals surface area contributed by atoms with E-state index in [4.69, 9.17) is 4.74 Å². The number of rotatable bonds is 9. The number of hydrogen-bond acceptors (Lipinski definition) is 2. The summed E-state index contributed by atoms with van der Waals surface area (Å²) in [6.45, 7) is 7.18. The minimum absolute atomic E-state index is 0.424. The highest BCUT2D eigenvalue weighted by Crippen LogP contribution is 2.27. The van der Waals surface area contributed by atoms with E-state index in [1.165, 1.54) is 19.3 Å². The Bertz CT molecular complexity index is 349. The molecule has 2 atom stereocenters. The van der Waals surface area contributed by atoms with Crippen molar-refractivity contribution in [1.82, 2.24) is 0 Å². The van der Waals surface area contributed by atoms with Crippen molar-refractivity contribution in [3.63, 3.8) is 0 Å². The van der Waals surface area contributed by atoms with Gasteiger partial charge in [0.1, 0.15) is 5.75 Å². The lowest BCUT2D eigenvalue weighted by Crippen LogP contribution is -2.12. The Labute approximate surface area is 117 Å². The smallest absolute Gasteiger partial charge is 0.125 e. The molecule has 0 aliphatic rings. The van der Waals surface area contributed by atoms with Crippen LogP contribution in [0.5, 0.6) is 5.75 Å². The number of unbranched alkanes of at least 4 members (excludes halogenated alkanes) is 1. The maximum atomic E-state index is 9.99. The molecule has 0 saturated heterocycles. The molecule has 1 rings (SSSR count). The Balaban J connectivity index is 2.61. The Morgan fingerprint density at radius 1 is 1.11 bits per heavy atom. The first kappa shape index (κ1) is 16.0. The van der Waals surface area contributed by atoms with Crippen molar-refractivity contribution in [3.05, 3.63) is 29.8 Å². The van der Waals surface area contributed by atoms with Crippen LogP contribution in [0, 0.1) is 5.92 Å². The highest BCUT2D eigenvalue weighted by atomic mass is 16.5. The minimum Gasteiger partial charge on any atom is -0.493 e. The Morgan fingerprint density at radius 3 is 2.47 bits per heavy atom. The van der Waals surface area contributed by atoms with Crippen LogP contribution >= 0.6 is 0 Å².